The lowest BCUT2D eigenvalue weighted by atomic mass is 10.0. The molecular weight excluding hydrogens is 328 g/mol. The molecule has 1 aromatic heterocycles. The minimum Gasteiger partial charge on any atom is -0.389 e. The Morgan fingerprint density at radius 2 is 2.04 bits per heavy atom. The number of para-hydroxylation sites is 1. The molecule has 1 amide bonds. The van der Waals surface area contributed by atoms with Crippen LogP contribution >= 0.6 is 0 Å². The molecule has 2 atom stereocenters. The van der Waals surface area contributed by atoms with Gasteiger partial charge in [-0.05, 0) is 36.4 Å². The Balaban J connectivity index is 1.31. The zero-order valence-corrected chi connectivity index (χ0v) is 14.1. The molecule has 3 aromatic rings. The lowest BCUT2D eigenvalue weighted by Gasteiger charge is -2.18. The number of amides is 1. The van der Waals surface area contributed by atoms with Crippen LogP contribution in [0.5, 0.6) is 0 Å². The molecule has 0 radical (unpaired) electrons. The first-order chi connectivity index (χ1) is 12.8. The van der Waals surface area contributed by atoms with Crippen molar-refractivity contribution in [3.63, 3.8) is 0 Å². The molecule has 0 bridgehead atoms. The number of anilines is 2. The number of carbonyl (C=O) groups is 1. The van der Waals surface area contributed by atoms with Gasteiger partial charge in [-0.2, -0.15) is 0 Å². The molecule has 2 N–H and O–H groups in total. The van der Waals surface area contributed by atoms with Crippen LogP contribution < -0.4 is 10.2 Å². The zero-order chi connectivity index (χ0) is 17.5. The second kappa shape index (κ2) is 5.91. The van der Waals surface area contributed by atoms with E-state index in [0.717, 1.165) is 35.4 Å². The van der Waals surface area contributed by atoms with E-state index < -0.39 is 0 Å². The molecule has 1 saturated heterocycles. The van der Waals surface area contributed by atoms with Crippen LogP contribution in [-0.4, -0.2) is 35.8 Å². The Kier molecular flexibility index (Phi) is 3.41. The Bertz CT molecular complexity index is 995. The molecule has 0 spiro atoms. The van der Waals surface area contributed by atoms with Gasteiger partial charge >= 0.3 is 0 Å². The summed E-state index contributed by atoms with van der Waals surface area (Å²) in [6, 6.07) is 17.9. The van der Waals surface area contributed by atoms with Gasteiger partial charge in [-0.3, -0.25) is 4.79 Å². The molecule has 130 valence electrons. The Hall–Kier alpha value is -3.28. The fourth-order valence-electron chi connectivity index (χ4n) is 3.72. The first kappa shape index (κ1) is 15.0. The van der Waals surface area contributed by atoms with E-state index in [4.69, 9.17) is 4.84 Å². The van der Waals surface area contributed by atoms with E-state index in [1.165, 1.54) is 0 Å². The summed E-state index contributed by atoms with van der Waals surface area (Å²) in [6.07, 6.45) is 1.81. The van der Waals surface area contributed by atoms with Crippen LogP contribution in [0.2, 0.25) is 0 Å². The third-order valence-electron chi connectivity index (χ3n) is 5.07. The highest BCUT2D eigenvalue weighted by Gasteiger charge is 2.44. The molecule has 2 aliphatic heterocycles. The van der Waals surface area contributed by atoms with Crippen LogP contribution in [0.1, 0.15) is 0 Å². The SMILES string of the molecule is O=C(Nc1ccc2[nH]ccc2c1)C1=NO[C@@H]2CN(c3ccccc3)C[C@H]12. The minimum atomic E-state index is -0.192. The zero-order valence-electron chi connectivity index (χ0n) is 14.1. The summed E-state index contributed by atoms with van der Waals surface area (Å²) >= 11 is 0. The maximum absolute atomic E-state index is 12.7. The van der Waals surface area contributed by atoms with Gasteiger partial charge in [-0.1, -0.05) is 23.4 Å². The predicted molar refractivity (Wildman–Crippen MR) is 101 cm³/mol. The normalized spacial score (nSPS) is 21.4. The Labute approximate surface area is 150 Å². The molecule has 0 saturated carbocycles. The second-order valence-electron chi connectivity index (χ2n) is 6.70. The number of aromatic amines is 1. The van der Waals surface area contributed by atoms with Gasteiger partial charge in [0.05, 0.1) is 12.5 Å². The molecule has 6 heteroatoms. The fraction of sp³-hybridized carbons (Fsp3) is 0.200. The van der Waals surface area contributed by atoms with Crippen LogP contribution in [0.25, 0.3) is 10.9 Å². The molecule has 6 nitrogen and oxygen atoms in total. The highest BCUT2D eigenvalue weighted by atomic mass is 16.6. The van der Waals surface area contributed by atoms with Crippen molar-refractivity contribution in [1.82, 2.24) is 4.98 Å². The number of oxime groups is 1. The summed E-state index contributed by atoms with van der Waals surface area (Å²) < 4.78 is 0. The van der Waals surface area contributed by atoms with E-state index in [0.29, 0.717) is 5.71 Å². The maximum atomic E-state index is 12.7. The van der Waals surface area contributed by atoms with Crippen molar-refractivity contribution in [3.05, 3.63) is 60.8 Å². The molecule has 5 rings (SSSR count). The Morgan fingerprint density at radius 1 is 1.15 bits per heavy atom. The van der Waals surface area contributed by atoms with E-state index in [1.54, 1.807) is 0 Å². The van der Waals surface area contributed by atoms with Gasteiger partial charge in [0, 0.05) is 35.0 Å². The lowest BCUT2D eigenvalue weighted by Crippen LogP contribution is -2.32. The number of hydrogen-bond acceptors (Lipinski definition) is 4. The topological polar surface area (TPSA) is 69.7 Å². The fourth-order valence-corrected chi connectivity index (χ4v) is 3.72. The number of nitrogens with one attached hydrogen (secondary N) is 2. The highest BCUT2D eigenvalue weighted by Crippen LogP contribution is 2.31. The first-order valence-corrected chi connectivity index (χ1v) is 8.70. The number of H-pyrrole nitrogens is 1. The van der Waals surface area contributed by atoms with Gasteiger partial charge in [-0.15, -0.1) is 0 Å². The molecule has 0 aliphatic carbocycles. The van der Waals surface area contributed by atoms with Crippen molar-refractivity contribution in [2.24, 2.45) is 11.1 Å². The molecular formula is C20H18N4O2. The van der Waals surface area contributed by atoms with E-state index in [1.807, 2.05) is 48.7 Å². The van der Waals surface area contributed by atoms with E-state index in [2.05, 4.69) is 32.5 Å². The van der Waals surface area contributed by atoms with Crippen LogP contribution in [-0.2, 0) is 9.63 Å². The van der Waals surface area contributed by atoms with Gasteiger partial charge in [0.1, 0.15) is 0 Å². The van der Waals surface area contributed by atoms with Crippen molar-refractivity contribution in [2.45, 2.75) is 6.10 Å². The monoisotopic (exact) mass is 346 g/mol. The van der Waals surface area contributed by atoms with E-state index in [9.17, 15) is 4.79 Å². The van der Waals surface area contributed by atoms with E-state index >= 15 is 0 Å². The first-order valence-electron chi connectivity index (χ1n) is 8.70. The van der Waals surface area contributed by atoms with Crippen LogP contribution in [0.4, 0.5) is 11.4 Å². The molecule has 26 heavy (non-hydrogen) atoms. The summed E-state index contributed by atoms with van der Waals surface area (Å²) in [4.78, 5) is 23.6. The smallest absolute Gasteiger partial charge is 0.273 e. The van der Waals surface area contributed by atoms with Crippen molar-refractivity contribution in [2.75, 3.05) is 23.3 Å². The molecule has 2 aliphatic rings. The average Bonchev–Trinajstić information content (AvgIpc) is 3.37. The number of aromatic nitrogens is 1. The molecule has 3 heterocycles. The number of benzene rings is 2. The Morgan fingerprint density at radius 3 is 2.92 bits per heavy atom. The summed E-state index contributed by atoms with van der Waals surface area (Å²) in [5.41, 5.74) is 3.41. The van der Waals surface area contributed by atoms with Gasteiger partial charge in [0.2, 0.25) is 0 Å². The standard InChI is InChI=1S/C20H18N4O2/c25-20(22-14-6-7-17-13(10-14)8-9-21-17)19-16-11-24(12-18(16)26-23-19)15-4-2-1-3-5-15/h1-10,16,18,21H,11-12H2,(H,22,25)/t16-,18+/m0/s1. The van der Waals surface area contributed by atoms with Crippen LogP contribution in [0, 0.1) is 5.92 Å². The molecule has 0 unspecified atom stereocenters. The minimum absolute atomic E-state index is 0.00815. The van der Waals surface area contributed by atoms with Gasteiger partial charge in [-0.25, -0.2) is 0 Å². The quantitative estimate of drug-likeness (QED) is 0.766. The number of hydrogen-bond donors (Lipinski definition) is 2. The second-order valence-corrected chi connectivity index (χ2v) is 6.70. The summed E-state index contributed by atoms with van der Waals surface area (Å²) in [6.45, 7) is 1.47. The van der Waals surface area contributed by atoms with Gasteiger partial charge in [0.25, 0.3) is 5.91 Å². The summed E-state index contributed by atoms with van der Waals surface area (Å²) in [5.74, 6) is -0.200. The van der Waals surface area contributed by atoms with Gasteiger partial charge < -0.3 is 20.0 Å². The van der Waals surface area contributed by atoms with Crippen molar-refractivity contribution in [1.29, 1.82) is 0 Å². The third kappa shape index (κ3) is 2.50. The maximum Gasteiger partial charge on any atom is 0.273 e. The summed E-state index contributed by atoms with van der Waals surface area (Å²) in [5, 5.41) is 8.08. The average molecular weight is 346 g/mol. The number of rotatable bonds is 3. The molecule has 2 aromatic carbocycles. The number of nitrogens with zero attached hydrogens (tertiary/aromatic N) is 2. The largest absolute Gasteiger partial charge is 0.389 e. The number of fused-ring (bicyclic) bond motifs is 2. The van der Waals surface area contributed by atoms with Crippen molar-refractivity contribution in [3.8, 4) is 0 Å². The van der Waals surface area contributed by atoms with Crippen molar-refractivity contribution < 1.29 is 9.63 Å². The predicted octanol–water partition coefficient (Wildman–Crippen LogP) is 3.00. The van der Waals surface area contributed by atoms with Crippen molar-refractivity contribution >= 4 is 33.9 Å². The van der Waals surface area contributed by atoms with E-state index in [-0.39, 0.29) is 17.9 Å². The molecule has 1 fully saturated rings. The van der Waals surface area contributed by atoms with Crippen LogP contribution in [0.3, 0.4) is 0 Å². The summed E-state index contributed by atoms with van der Waals surface area (Å²) in [7, 11) is 0. The lowest BCUT2D eigenvalue weighted by molar-refractivity contribution is -0.110. The third-order valence-corrected chi connectivity index (χ3v) is 5.07. The highest BCUT2D eigenvalue weighted by molar-refractivity contribution is 6.44. The van der Waals surface area contributed by atoms with Gasteiger partial charge in [0.15, 0.2) is 11.8 Å². The van der Waals surface area contributed by atoms with Crippen LogP contribution in [0.15, 0.2) is 65.9 Å². The number of carbonyl (C=O) groups excluding carboxylic acids is 1.